The summed E-state index contributed by atoms with van der Waals surface area (Å²) in [4.78, 5) is 82.3. The second-order valence-electron chi connectivity index (χ2n) is 11.6. The first kappa shape index (κ1) is 38.9. The summed E-state index contributed by atoms with van der Waals surface area (Å²) in [7, 11) is -2.64. The van der Waals surface area contributed by atoms with Crippen LogP contribution >= 0.6 is 0 Å². The van der Waals surface area contributed by atoms with Gasteiger partial charge in [0, 0.05) is 25.7 Å². The van der Waals surface area contributed by atoms with Gasteiger partial charge in [0.1, 0.15) is 18.1 Å². The fourth-order valence-corrected chi connectivity index (χ4v) is 5.91. The second kappa shape index (κ2) is 17.8. The van der Waals surface area contributed by atoms with E-state index in [1.54, 1.807) is 31.2 Å². The number of fused-ring (bicyclic) bond motifs is 2. The molecule has 270 valence electrons. The molecule has 18 heteroatoms. The van der Waals surface area contributed by atoms with Gasteiger partial charge in [-0.3, -0.25) is 33.8 Å². The lowest BCUT2D eigenvalue weighted by molar-refractivity contribution is -0.141. The van der Waals surface area contributed by atoms with E-state index in [9.17, 15) is 42.3 Å². The highest BCUT2D eigenvalue weighted by Crippen LogP contribution is 2.13. The fourth-order valence-electron chi connectivity index (χ4n) is 4.96. The van der Waals surface area contributed by atoms with Crippen molar-refractivity contribution in [1.29, 1.82) is 0 Å². The maximum absolute atomic E-state index is 13.6. The minimum Gasteiger partial charge on any atom is -0.481 e. The molecule has 0 spiro atoms. The van der Waals surface area contributed by atoms with Gasteiger partial charge in [-0.15, -0.1) is 0 Å². The number of nitrogens with zero attached hydrogens (tertiary/aromatic N) is 2. The number of aliphatic imine (C=N–C) groups is 1. The monoisotopic (exact) mass is 714 g/mol. The molecule has 3 atom stereocenters. The van der Waals surface area contributed by atoms with Crippen LogP contribution in [0.15, 0.2) is 58.4 Å². The van der Waals surface area contributed by atoms with E-state index in [1.165, 1.54) is 31.3 Å². The van der Waals surface area contributed by atoms with Crippen LogP contribution in [0.1, 0.15) is 54.1 Å². The molecule has 50 heavy (non-hydrogen) atoms. The predicted octanol–water partition coefficient (Wildman–Crippen LogP) is -0.891. The number of carboxylic acids is 1. The molecule has 0 saturated heterocycles. The SMILES string of the molecule is CC[C@H]1NC(=O)c2cccc(c2)CNC(=O)[C@H](CC(=O)O)NC(=O)CNC(=O)[C@H](CCCN=C(N)NS(=O)(=O)c2ccc(C)cc2)N(C)C1=O. The maximum atomic E-state index is 13.6. The molecule has 1 aliphatic heterocycles. The Morgan fingerprint density at radius 1 is 1.00 bits per heavy atom. The lowest BCUT2D eigenvalue weighted by Crippen LogP contribution is -2.55. The second-order valence-corrected chi connectivity index (χ2v) is 13.3. The molecule has 0 fully saturated rings. The average molecular weight is 715 g/mol. The van der Waals surface area contributed by atoms with Gasteiger partial charge in [0.2, 0.25) is 29.6 Å². The molecular formula is C32H42N8O9S. The number of aryl methyl sites for hydroxylation is 1. The van der Waals surface area contributed by atoms with Crippen molar-refractivity contribution in [2.75, 3.05) is 20.1 Å². The highest BCUT2D eigenvalue weighted by molar-refractivity contribution is 7.90. The summed E-state index contributed by atoms with van der Waals surface area (Å²) in [5.74, 6) is -5.33. The zero-order valence-corrected chi connectivity index (χ0v) is 28.7. The Labute approximate surface area is 289 Å². The molecular weight excluding hydrogens is 672 g/mol. The van der Waals surface area contributed by atoms with E-state index in [0.29, 0.717) is 5.56 Å². The first-order valence-electron chi connectivity index (χ1n) is 15.7. The normalized spacial score (nSPS) is 20.1. The third-order valence-corrected chi connectivity index (χ3v) is 9.10. The predicted molar refractivity (Wildman–Crippen MR) is 181 cm³/mol. The molecule has 0 saturated carbocycles. The Morgan fingerprint density at radius 3 is 2.34 bits per heavy atom. The van der Waals surface area contributed by atoms with Gasteiger partial charge in [0.15, 0.2) is 0 Å². The molecule has 1 aliphatic rings. The van der Waals surface area contributed by atoms with Crippen LogP contribution in [-0.4, -0.2) is 98.2 Å². The Morgan fingerprint density at radius 2 is 1.68 bits per heavy atom. The number of guanidine groups is 1. The third-order valence-electron chi connectivity index (χ3n) is 7.73. The van der Waals surface area contributed by atoms with Gasteiger partial charge in [-0.1, -0.05) is 36.8 Å². The van der Waals surface area contributed by atoms with Gasteiger partial charge in [0.25, 0.3) is 15.9 Å². The fraction of sp³-hybridized carbons (Fsp3) is 0.406. The van der Waals surface area contributed by atoms with Crippen LogP contribution < -0.4 is 31.7 Å². The number of carboxylic acid groups (broad SMARTS) is 1. The van der Waals surface area contributed by atoms with Gasteiger partial charge in [-0.25, -0.2) is 13.1 Å². The molecule has 3 rings (SSSR count). The molecule has 8 N–H and O–H groups in total. The number of rotatable bonds is 9. The number of amides is 5. The van der Waals surface area contributed by atoms with E-state index in [0.717, 1.165) is 10.5 Å². The standard InChI is InChI=1S/C32H42N8O9S/c1-4-23-31(47)40(3)25(9-6-14-34-32(33)39-50(48,49)22-12-10-19(2)11-13-22)30(46)36-18-26(41)37-24(16-27(42)43)29(45)35-17-20-7-5-8-21(15-20)28(44)38-23/h5,7-8,10-13,15,23-25H,4,6,9,14,16-18H2,1-3H3,(H,35,45)(H,36,46)(H,37,41)(H,38,44)(H,42,43)(H3,33,34,39)/t23-,24+,25+/m1/s1. The van der Waals surface area contributed by atoms with Crippen molar-refractivity contribution in [3.8, 4) is 0 Å². The molecule has 2 bridgehead atoms. The lowest BCUT2D eigenvalue weighted by Gasteiger charge is -2.30. The number of nitrogens with one attached hydrogen (secondary N) is 5. The summed E-state index contributed by atoms with van der Waals surface area (Å²) in [6.07, 6.45) is -0.454. The van der Waals surface area contributed by atoms with Crippen molar-refractivity contribution in [2.24, 2.45) is 10.7 Å². The Hall–Kier alpha value is -5.52. The summed E-state index contributed by atoms with van der Waals surface area (Å²) < 4.78 is 27.4. The van der Waals surface area contributed by atoms with E-state index < -0.39 is 82.6 Å². The van der Waals surface area contributed by atoms with Crippen molar-refractivity contribution in [2.45, 2.75) is 69.1 Å². The Kier molecular flexibility index (Phi) is 13.8. The first-order chi connectivity index (χ1) is 23.6. The third kappa shape index (κ3) is 11.3. The van der Waals surface area contributed by atoms with Gasteiger partial charge < -0.3 is 37.0 Å². The number of hydrogen-bond donors (Lipinski definition) is 7. The van der Waals surface area contributed by atoms with Crippen LogP contribution in [-0.2, 0) is 40.5 Å². The van der Waals surface area contributed by atoms with Crippen LogP contribution in [0, 0.1) is 6.92 Å². The number of carbonyl (C=O) groups excluding carboxylic acids is 5. The van der Waals surface area contributed by atoms with Crippen LogP contribution in [0.3, 0.4) is 0 Å². The summed E-state index contributed by atoms with van der Waals surface area (Å²) in [6.45, 7) is 2.70. The molecule has 0 aromatic heterocycles. The van der Waals surface area contributed by atoms with Crippen molar-refractivity contribution >= 4 is 51.5 Å². The van der Waals surface area contributed by atoms with Crippen LogP contribution in [0.4, 0.5) is 0 Å². The molecule has 1 heterocycles. The molecule has 17 nitrogen and oxygen atoms in total. The molecule has 2 aromatic carbocycles. The van der Waals surface area contributed by atoms with Crippen LogP contribution in [0.5, 0.6) is 0 Å². The van der Waals surface area contributed by atoms with Gasteiger partial charge >= 0.3 is 5.97 Å². The number of hydrogen-bond acceptors (Lipinski definition) is 9. The van der Waals surface area contributed by atoms with Crippen molar-refractivity contribution in [3.05, 3.63) is 65.2 Å². The summed E-state index contributed by atoms with van der Waals surface area (Å²) >= 11 is 0. The summed E-state index contributed by atoms with van der Waals surface area (Å²) in [5, 5.41) is 19.2. The Balaban J connectivity index is 1.82. The van der Waals surface area contributed by atoms with Gasteiger partial charge in [0.05, 0.1) is 17.9 Å². The van der Waals surface area contributed by atoms with Gasteiger partial charge in [-0.05, 0) is 56.0 Å². The number of aliphatic carboxylic acids is 1. The zero-order valence-electron chi connectivity index (χ0n) is 27.9. The van der Waals surface area contributed by atoms with Crippen LogP contribution in [0.2, 0.25) is 0 Å². The van der Waals surface area contributed by atoms with Crippen molar-refractivity contribution in [1.82, 2.24) is 30.9 Å². The first-order valence-corrected chi connectivity index (χ1v) is 17.2. The number of nitrogens with two attached hydrogens (primary N) is 1. The van der Waals surface area contributed by atoms with E-state index >= 15 is 0 Å². The van der Waals surface area contributed by atoms with Crippen molar-refractivity contribution in [3.63, 3.8) is 0 Å². The zero-order chi connectivity index (χ0) is 37.0. The number of carbonyl (C=O) groups is 6. The molecule has 5 amide bonds. The highest BCUT2D eigenvalue weighted by Gasteiger charge is 2.32. The molecule has 0 unspecified atom stereocenters. The molecule has 0 aliphatic carbocycles. The maximum Gasteiger partial charge on any atom is 0.305 e. The van der Waals surface area contributed by atoms with E-state index in [1.807, 2.05) is 6.92 Å². The number of sulfonamides is 1. The minimum absolute atomic E-state index is 0.0143. The largest absolute Gasteiger partial charge is 0.481 e. The van der Waals surface area contributed by atoms with Crippen LogP contribution in [0.25, 0.3) is 0 Å². The Bertz CT molecular complexity index is 1730. The number of benzene rings is 2. The topological polar surface area (TPSA) is 259 Å². The summed E-state index contributed by atoms with van der Waals surface area (Å²) in [5.41, 5.74) is 7.37. The highest BCUT2D eigenvalue weighted by atomic mass is 32.2. The van der Waals surface area contributed by atoms with E-state index in [-0.39, 0.29) is 42.8 Å². The summed E-state index contributed by atoms with van der Waals surface area (Å²) in [6, 6.07) is 8.60. The lowest BCUT2D eigenvalue weighted by atomic mass is 10.1. The smallest absolute Gasteiger partial charge is 0.305 e. The van der Waals surface area contributed by atoms with Gasteiger partial charge in [-0.2, -0.15) is 0 Å². The average Bonchev–Trinajstić information content (AvgIpc) is 3.07. The van der Waals surface area contributed by atoms with E-state index in [2.05, 4.69) is 31.0 Å². The minimum atomic E-state index is -4.00. The molecule has 0 radical (unpaired) electrons. The molecule has 2 aromatic rings. The quantitative estimate of drug-likeness (QED) is 0.0958. The number of likely N-dealkylation sites (N-methyl/N-ethyl adjacent to an activating group) is 1. The van der Waals surface area contributed by atoms with E-state index in [4.69, 9.17) is 5.73 Å². The van der Waals surface area contributed by atoms with Crippen molar-refractivity contribution < 1.29 is 42.3 Å².